The minimum atomic E-state index is -5.08. The van der Waals surface area contributed by atoms with E-state index in [9.17, 15) is 31.1 Å². The van der Waals surface area contributed by atoms with Crippen LogP contribution in [-0.2, 0) is 20.9 Å². The molecule has 3 heterocycles. The molecule has 0 aliphatic carbocycles. The molecule has 0 bridgehead atoms. The predicted octanol–water partition coefficient (Wildman–Crippen LogP) is 3.27. The molecular formula is C24H26F6N4O5. The number of para-hydroxylation sites is 1. The van der Waals surface area contributed by atoms with Crippen molar-refractivity contribution < 1.29 is 50.9 Å². The van der Waals surface area contributed by atoms with Crippen LogP contribution in [0.5, 0.6) is 0 Å². The van der Waals surface area contributed by atoms with Gasteiger partial charge < -0.3 is 15.1 Å². The number of aliphatic carboxylic acids is 2. The molecule has 0 radical (unpaired) electrons. The number of aromatic nitrogens is 1. The first-order valence-corrected chi connectivity index (χ1v) is 11.3. The molecule has 1 amide bonds. The summed E-state index contributed by atoms with van der Waals surface area (Å²) in [5.74, 6) is -5.33. The van der Waals surface area contributed by atoms with Crippen LogP contribution in [0, 0.1) is 0 Å². The number of carbonyl (C=O) groups is 3. The number of nitrogens with zero attached hydrogens (tertiary/aromatic N) is 4. The summed E-state index contributed by atoms with van der Waals surface area (Å²) in [6, 6.07) is 14.2. The maximum atomic E-state index is 12.6. The van der Waals surface area contributed by atoms with Gasteiger partial charge in [0.1, 0.15) is 0 Å². The Kier molecular flexibility index (Phi) is 10.4. The number of rotatable bonds is 3. The van der Waals surface area contributed by atoms with Gasteiger partial charge in [0.15, 0.2) is 0 Å². The molecule has 39 heavy (non-hydrogen) atoms. The number of alkyl halides is 6. The zero-order valence-electron chi connectivity index (χ0n) is 20.6. The SMILES string of the molecule is CN1CC(=O)N(c2ccccc2)CC12CCN(Cc1cccnc1)C2.O=C(O)C(F)(F)F.O=C(O)C(F)(F)F. The van der Waals surface area contributed by atoms with Gasteiger partial charge in [0, 0.05) is 44.3 Å². The number of benzene rings is 1. The molecular weight excluding hydrogens is 538 g/mol. The van der Waals surface area contributed by atoms with Crippen LogP contribution in [0.3, 0.4) is 0 Å². The van der Waals surface area contributed by atoms with Gasteiger partial charge in [0.2, 0.25) is 5.91 Å². The molecule has 2 aliphatic heterocycles. The van der Waals surface area contributed by atoms with E-state index >= 15 is 0 Å². The Labute approximate surface area is 219 Å². The summed E-state index contributed by atoms with van der Waals surface area (Å²) in [5.41, 5.74) is 2.28. The van der Waals surface area contributed by atoms with Crippen LogP contribution >= 0.6 is 0 Å². The molecule has 1 aromatic heterocycles. The highest BCUT2D eigenvalue weighted by Crippen LogP contribution is 2.33. The molecule has 1 aromatic carbocycles. The summed E-state index contributed by atoms with van der Waals surface area (Å²) in [6.07, 6.45) is -5.33. The Balaban J connectivity index is 0.000000317. The Hall–Kier alpha value is -3.72. The van der Waals surface area contributed by atoms with Crippen LogP contribution in [0.1, 0.15) is 12.0 Å². The van der Waals surface area contributed by atoms with E-state index in [4.69, 9.17) is 19.8 Å². The van der Waals surface area contributed by atoms with Gasteiger partial charge in [-0.25, -0.2) is 9.59 Å². The number of pyridine rings is 1. The number of carboxylic acid groups (broad SMARTS) is 2. The smallest absolute Gasteiger partial charge is 0.475 e. The van der Waals surface area contributed by atoms with Gasteiger partial charge in [-0.1, -0.05) is 24.3 Å². The maximum Gasteiger partial charge on any atom is 0.490 e. The highest BCUT2D eigenvalue weighted by Gasteiger charge is 2.47. The van der Waals surface area contributed by atoms with E-state index in [1.165, 1.54) is 5.56 Å². The Morgan fingerprint density at radius 2 is 1.51 bits per heavy atom. The van der Waals surface area contributed by atoms with Crippen molar-refractivity contribution in [1.29, 1.82) is 0 Å². The molecule has 2 aliphatic rings. The number of likely N-dealkylation sites (N-methyl/N-ethyl adjacent to an activating group) is 1. The lowest BCUT2D eigenvalue weighted by Gasteiger charge is -2.47. The number of likely N-dealkylation sites (tertiary alicyclic amines) is 1. The zero-order valence-corrected chi connectivity index (χ0v) is 20.6. The fourth-order valence-electron chi connectivity index (χ4n) is 4.07. The van der Waals surface area contributed by atoms with Gasteiger partial charge in [-0.15, -0.1) is 0 Å². The Morgan fingerprint density at radius 1 is 0.949 bits per heavy atom. The highest BCUT2D eigenvalue weighted by atomic mass is 19.4. The third-order valence-electron chi connectivity index (χ3n) is 6.03. The average molecular weight is 564 g/mol. The number of amides is 1. The van der Waals surface area contributed by atoms with Gasteiger partial charge in [-0.05, 0) is 37.2 Å². The molecule has 2 fully saturated rings. The number of hydrogen-bond donors (Lipinski definition) is 2. The van der Waals surface area contributed by atoms with Crippen molar-refractivity contribution in [1.82, 2.24) is 14.8 Å². The van der Waals surface area contributed by atoms with E-state index in [0.717, 1.165) is 38.3 Å². The quantitative estimate of drug-likeness (QED) is 0.547. The van der Waals surface area contributed by atoms with E-state index in [-0.39, 0.29) is 11.4 Å². The first-order chi connectivity index (χ1) is 18.0. The van der Waals surface area contributed by atoms with Crippen molar-refractivity contribution in [2.24, 2.45) is 0 Å². The Morgan fingerprint density at radius 3 is 2.00 bits per heavy atom. The summed E-state index contributed by atoms with van der Waals surface area (Å²) in [6.45, 7) is 4.19. The molecule has 2 N–H and O–H groups in total. The third kappa shape index (κ3) is 9.21. The second-order valence-electron chi connectivity index (χ2n) is 8.82. The van der Waals surface area contributed by atoms with Crippen LogP contribution < -0.4 is 4.90 Å². The maximum absolute atomic E-state index is 12.6. The normalized spacial score (nSPS) is 20.1. The minimum Gasteiger partial charge on any atom is -0.475 e. The molecule has 2 aromatic rings. The lowest BCUT2D eigenvalue weighted by atomic mass is 9.92. The van der Waals surface area contributed by atoms with Crippen LogP contribution in [-0.4, -0.2) is 94.0 Å². The molecule has 4 rings (SSSR count). The average Bonchev–Trinajstić information content (AvgIpc) is 3.26. The van der Waals surface area contributed by atoms with Crippen LogP contribution in [0.2, 0.25) is 0 Å². The van der Waals surface area contributed by atoms with E-state index in [1.807, 2.05) is 53.7 Å². The van der Waals surface area contributed by atoms with Crippen molar-refractivity contribution in [2.45, 2.75) is 30.9 Å². The molecule has 1 spiro atoms. The lowest BCUT2D eigenvalue weighted by Crippen LogP contribution is -2.64. The van der Waals surface area contributed by atoms with Crippen LogP contribution in [0.15, 0.2) is 54.9 Å². The van der Waals surface area contributed by atoms with E-state index < -0.39 is 24.3 Å². The summed E-state index contributed by atoms with van der Waals surface area (Å²) >= 11 is 0. The number of hydrogen-bond acceptors (Lipinski definition) is 6. The molecule has 214 valence electrons. The van der Waals surface area contributed by atoms with Crippen LogP contribution in [0.25, 0.3) is 0 Å². The number of anilines is 1. The van der Waals surface area contributed by atoms with Crippen molar-refractivity contribution in [2.75, 3.05) is 38.1 Å². The summed E-state index contributed by atoms with van der Waals surface area (Å²) in [4.78, 5) is 41.3. The second kappa shape index (κ2) is 12.9. The summed E-state index contributed by atoms with van der Waals surface area (Å²) in [5, 5.41) is 14.2. The largest absolute Gasteiger partial charge is 0.490 e. The number of piperazine rings is 1. The highest BCUT2D eigenvalue weighted by molar-refractivity contribution is 5.96. The van der Waals surface area contributed by atoms with E-state index in [1.54, 1.807) is 0 Å². The summed E-state index contributed by atoms with van der Waals surface area (Å²) < 4.78 is 63.5. The van der Waals surface area contributed by atoms with Gasteiger partial charge in [-0.2, -0.15) is 26.3 Å². The fraction of sp³-hybridized carbons (Fsp3) is 0.417. The van der Waals surface area contributed by atoms with Crippen LogP contribution in [0.4, 0.5) is 32.0 Å². The van der Waals surface area contributed by atoms with Gasteiger partial charge in [0.05, 0.1) is 12.1 Å². The van der Waals surface area contributed by atoms with Crippen molar-refractivity contribution in [3.8, 4) is 0 Å². The van der Waals surface area contributed by atoms with E-state index in [2.05, 4.69) is 27.9 Å². The number of carboxylic acids is 2. The molecule has 15 heteroatoms. The third-order valence-corrected chi connectivity index (χ3v) is 6.03. The lowest BCUT2D eigenvalue weighted by molar-refractivity contribution is -0.193. The fourth-order valence-corrected chi connectivity index (χ4v) is 4.07. The zero-order chi connectivity index (χ0) is 29.4. The monoisotopic (exact) mass is 564 g/mol. The van der Waals surface area contributed by atoms with Crippen molar-refractivity contribution in [3.63, 3.8) is 0 Å². The second-order valence-corrected chi connectivity index (χ2v) is 8.82. The minimum absolute atomic E-state index is 0.0337. The first kappa shape index (κ1) is 31.5. The predicted molar refractivity (Wildman–Crippen MR) is 126 cm³/mol. The van der Waals surface area contributed by atoms with Gasteiger partial charge in [-0.3, -0.25) is 19.6 Å². The Bertz CT molecular complexity index is 1090. The first-order valence-electron chi connectivity index (χ1n) is 11.3. The molecule has 0 saturated carbocycles. The standard InChI is InChI=1S/C20H24N4O.2C2HF3O2/c1-22-14-19(25)24(18-7-3-2-4-8-18)16-20(22)9-11-23(15-20)13-17-6-5-10-21-12-17;2*3-2(4,5)1(6)7/h2-8,10,12H,9,11,13-16H2,1H3;2*(H,6,7). The number of halogens is 6. The van der Waals surface area contributed by atoms with Gasteiger partial charge in [0.25, 0.3) is 0 Å². The molecule has 1 unspecified atom stereocenters. The van der Waals surface area contributed by atoms with Crippen molar-refractivity contribution in [3.05, 3.63) is 60.4 Å². The molecule has 9 nitrogen and oxygen atoms in total. The van der Waals surface area contributed by atoms with Crippen molar-refractivity contribution >= 4 is 23.5 Å². The summed E-state index contributed by atoms with van der Waals surface area (Å²) in [7, 11) is 2.09. The van der Waals surface area contributed by atoms with E-state index in [0.29, 0.717) is 6.54 Å². The molecule has 2 saturated heterocycles. The molecule has 1 atom stereocenters. The van der Waals surface area contributed by atoms with Gasteiger partial charge >= 0.3 is 24.3 Å². The number of carbonyl (C=O) groups excluding carboxylic acids is 1. The topological polar surface area (TPSA) is 114 Å².